The molecule has 4 nitrogen and oxygen atoms in total. The Morgan fingerprint density at radius 1 is 1.26 bits per heavy atom. The van der Waals surface area contributed by atoms with Crippen molar-refractivity contribution in [1.82, 2.24) is 4.90 Å². The van der Waals surface area contributed by atoms with E-state index in [-0.39, 0.29) is 18.2 Å². The summed E-state index contributed by atoms with van der Waals surface area (Å²) in [5.74, 6) is -0.711. The molecule has 1 unspecified atom stereocenters. The van der Waals surface area contributed by atoms with E-state index < -0.39 is 11.5 Å². The van der Waals surface area contributed by atoms with Crippen molar-refractivity contribution in [3.63, 3.8) is 0 Å². The van der Waals surface area contributed by atoms with Gasteiger partial charge < -0.3 is 10.0 Å². The van der Waals surface area contributed by atoms with Gasteiger partial charge in [0.1, 0.15) is 0 Å². The summed E-state index contributed by atoms with van der Waals surface area (Å²) in [6, 6.07) is 0. The third-order valence-corrected chi connectivity index (χ3v) is 4.45. The molecule has 0 aromatic rings. The van der Waals surface area contributed by atoms with Crippen molar-refractivity contribution in [3.8, 4) is 0 Å². The maximum atomic E-state index is 12.5. The van der Waals surface area contributed by atoms with Crippen LogP contribution in [0, 0.1) is 5.92 Å². The van der Waals surface area contributed by atoms with Crippen LogP contribution in [0.15, 0.2) is 0 Å². The predicted octanol–water partition coefficient (Wildman–Crippen LogP) is 3.06. The summed E-state index contributed by atoms with van der Waals surface area (Å²) in [5.41, 5.74) is -0.455. The molecule has 1 rings (SSSR count). The molecule has 1 N–H and O–H groups in total. The topological polar surface area (TPSA) is 57.6 Å². The molecule has 0 bridgehead atoms. The Kier molecular flexibility index (Phi) is 5.83. The third kappa shape index (κ3) is 3.95. The van der Waals surface area contributed by atoms with E-state index in [2.05, 4.69) is 6.92 Å². The van der Waals surface area contributed by atoms with E-state index in [9.17, 15) is 9.59 Å². The van der Waals surface area contributed by atoms with Crippen molar-refractivity contribution in [2.24, 2.45) is 5.92 Å². The fraction of sp³-hybridized carbons (Fsp3) is 0.867. The van der Waals surface area contributed by atoms with Crippen LogP contribution in [0.25, 0.3) is 0 Å². The lowest BCUT2D eigenvalue weighted by Crippen LogP contribution is -2.53. The predicted molar refractivity (Wildman–Crippen MR) is 74.9 cm³/mol. The van der Waals surface area contributed by atoms with Crippen LogP contribution >= 0.6 is 0 Å². The number of carbonyl (C=O) groups is 2. The van der Waals surface area contributed by atoms with E-state index in [0.717, 1.165) is 44.9 Å². The van der Waals surface area contributed by atoms with Crippen LogP contribution in [0.3, 0.4) is 0 Å². The van der Waals surface area contributed by atoms with Gasteiger partial charge in [0.15, 0.2) is 0 Å². The van der Waals surface area contributed by atoms with E-state index in [4.69, 9.17) is 5.11 Å². The van der Waals surface area contributed by atoms with Crippen LogP contribution in [-0.4, -0.2) is 34.5 Å². The molecule has 0 spiro atoms. The lowest BCUT2D eigenvalue weighted by atomic mass is 9.77. The van der Waals surface area contributed by atoms with Gasteiger partial charge in [-0.2, -0.15) is 0 Å². The number of hydrogen-bond acceptors (Lipinski definition) is 2. The zero-order chi connectivity index (χ0) is 14.5. The van der Waals surface area contributed by atoms with Crippen molar-refractivity contribution >= 4 is 11.9 Å². The van der Waals surface area contributed by atoms with Crippen molar-refractivity contribution in [1.29, 1.82) is 0 Å². The van der Waals surface area contributed by atoms with Crippen LogP contribution < -0.4 is 0 Å². The highest BCUT2D eigenvalue weighted by atomic mass is 16.4. The van der Waals surface area contributed by atoms with Crippen LogP contribution in [0.1, 0.15) is 65.2 Å². The van der Waals surface area contributed by atoms with Crippen molar-refractivity contribution in [3.05, 3.63) is 0 Å². The number of carbonyl (C=O) groups excluding carboxylic acids is 1. The summed E-state index contributed by atoms with van der Waals surface area (Å²) in [6.45, 7) is 4.01. The summed E-state index contributed by atoms with van der Waals surface area (Å²) in [6.07, 6.45) is 6.75. The molecule has 0 saturated heterocycles. The maximum absolute atomic E-state index is 12.5. The minimum atomic E-state index is -0.801. The second kappa shape index (κ2) is 6.92. The summed E-state index contributed by atoms with van der Waals surface area (Å²) in [4.78, 5) is 25.4. The Hall–Kier alpha value is -1.06. The molecule has 1 saturated carbocycles. The minimum Gasteiger partial charge on any atom is -0.481 e. The second-order valence-electron chi connectivity index (χ2n) is 5.94. The van der Waals surface area contributed by atoms with Gasteiger partial charge in [-0.1, -0.05) is 39.5 Å². The highest BCUT2D eigenvalue weighted by Gasteiger charge is 2.41. The highest BCUT2D eigenvalue weighted by molar-refractivity contribution is 5.80. The summed E-state index contributed by atoms with van der Waals surface area (Å²) < 4.78 is 0. The van der Waals surface area contributed by atoms with Crippen molar-refractivity contribution in [2.75, 3.05) is 7.05 Å². The Morgan fingerprint density at radius 3 is 2.32 bits per heavy atom. The molecule has 1 atom stereocenters. The van der Waals surface area contributed by atoms with Crippen LogP contribution in [0.5, 0.6) is 0 Å². The molecule has 1 fully saturated rings. The van der Waals surface area contributed by atoms with Gasteiger partial charge in [0.2, 0.25) is 5.91 Å². The molecule has 1 amide bonds. The fourth-order valence-electron chi connectivity index (χ4n) is 3.24. The number of carboxylic acid groups (broad SMARTS) is 1. The molecular formula is C15H27NO3. The smallest absolute Gasteiger partial charge is 0.305 e. The van der Waals surface area contributed by atoms with Gasteiger partial charge in [-0.05, 0) is 19.3 Å². The van der Waals surface area contributed by atoms with Crippen molar-refractivity contribution in [2.45, 2.75) is 70.8 Å². The quantitative estimate of drug-likeness (QED) is 0.806. The molecule has 19 heavy (non-hydrogen) atoms. The summed E-state index contributed by atoms with van der Waals surface area (Å²) in [7, 11) is 1.79. The lowest BCUT2D eigenvalue weighted by Gasteiger charge is -2.44. The Bertz CT molecular complexity index is 321. The zero-order valence-corrected chi connectivity index (χ0v) is 12.4. The van der Waals surface area contributed by atoms with Gasteiger partial charge >= 0.3 is 5.97 Å². The molecular weight excluding hydrogens is 242 g/mol. The largest absolute Gasteiger partial charge is 0.481 e. The third-order valence-electron chi connectivity index (χ3n) is 4.45. The molecule has 110 valence electrons. The second-order valence-corrected chi connectivity index (χ2v) is 5.94. The lowest BCUT2D eigenvalue weighted by molar-refractivity contribution is -0.148. The fourth-order valence-corrected chi connectivity index (χ4v) is 3.24. The van der Waals surface area contributed by atoms with Crippen molar-refractivity contribution < 1.29 is 14.7 Å². The first-order valence-corrected chi connectivity index (χ1v) is 7.42. The van der Waals surface area contributed by atoms with Gasteiger partial charge in [-0.3, -0.25) is 9.59 Å². The average Bonchev–Trinajstić information content (AvgIpc) is 2.37. The number of aliphatic carboxylic acids is 1. The normalized spacial score (nSPS) is 19.7. The maximum Gasteiger partial charge on any atom is 0.305 e. The standard InChI is InChI=1S/C15H27NO3/c1-4-8-12(2)14(19)16(3)15(11-13(17)18)9-6-5-7-10-15/h12H,4-11H2,1-3H3,(H,17,18). The van der Waals surface area contributed by atoms with Gasteiger partial charge in [0.25, 0.3) is 0 Å². The molecule has 0 heterocycles. The molecule has 0 aromatic heterocycles. The number of rotatable bonds is 6. The first kappa shape index (κ1) is 16.0. The van der Waals surface area contributed by atoms with E-state index in [1.54, 1.807) is 11.9 Å². The van der Waals surface area contributed by atoms with E-state index in [0.29, 0.717) is 0 Å². The molecule has 0 aromatic carbocycles. The van der Waals surface area contributed by atoms with Gasteiger partial charge in [-0.15, -0.1) is 0 Å². The minimum absolute atomic E-state index is 0.0115. The van der Waals surface area contributed by atoms with Gasteiger partial charge in [0, 0.05) is 13.0 Å². The number of amides is 1. The highest BCUT2D eigenvalue weighted by Crippen LogP contribution is 2.36. The first-order chi connectivity index (χ1) is 8.93. The number of carboxylic acids is 1. The summed E-state index contributed by atoms with van der Waals surface area (Å²) in [5, 5.41) is 9.17. The zero-order valence-electron chi connectivity index (χ0n) is 12.4. The molecule has 4 heteroatoms. The molecule has 1 aliphatic carbocycles. The number of nitrogens with zero attached hydrogens (tertiary/aromatic N) is 1. The Balaban J connectivity index is 2.84. The van der Waals surface area contributed by atoms with E-state index in [1.807, 2.05) is 6.92 Å². The number of hydrogen-bond donors (Lipinski definition) is 1. The van der Waals surface area contributed by atoms with Crippen LogP contribution in [0.4, 0.5) is 0 Å². The molecule has 0 aliphatic heterocycles. The van der Waals surface area contributed by atoms with Gasteiger partial charge in [-0.25, -0.2) is 0 Å². The Morgan fingerprint density at radius 2 is 1.84 bits per heavy atom. The van der Waals surface area contributed by atoms with Crippen LogP contribution in [0.2, 0.25) is 0 Å². The van der Waals surface area contributed by atoms with Gasteiger partial charge in [0.05, 0.1) is 12.0 Å². The van der Waals surface area contributed by atoms with E-state index in [1.165, 1.54) is 0 Å². The monoisotopic (exact) mass is 269 g/mol. The van der Waals surface area contributed by atoms with Crippen LogP contribution in [-0.2, 0) is 9.59 Å². The Labute approximate surface area is 116 Å². The summed E-state index contributed by atoms with van der Waals surface area (Å²) >= 11 is 0. The average molecular weight is 269 g/mol. The van der Waals surface area contributed by atoms with E-state index >= 15 is 0 Å². The molecule has 0 radical (unpaired) electrons. The first-order valence-electron chi connectivity index (χ1n) is 7.42. The SMILES string of the molecule is CCCC(C)C(=O)N(C)C1(CC(=O)O)CCCCC1. The molecule has 1 aliphatic rings.